The molecule has 3 nitrogen and oxygen atoms in total. The van der Waals surface area contributed by atoms with Crippen molar-refractivity contribution >= 4 is 0 Å². The lowest BCUT2D eigenvalue weighted by molar-refractivity contribution is -0.905. The molecule has 0 atom stereocenters. The van der Waals surface area contributed by atoms with Crippen LogP contribution in [-0.4, -0.2) is 47.8 Å². The lowest BCUT2D eigenvalue weighted by Crippen LogP contribution is -2.60. The van der Waals surface area contributed by atoms with Gasteiger partial charge in [-0.2, -0.15) is 0 Å². The van der Waals surface area contributed by atoms with Crippen LogP contribution < -0.4 is 0 Å². The van der Waals surface area contributed by atoms with Crippen molar-refractivity contribution in [2.24, 2.45) is 0 Å². The zero-order valence-corrected chi connectivity index (χ0v) is 9.29. The maximum atomic E-state index is 12.1. The lowest BCUT2D eigenvalue weighted by atomic mass is 10.2. The van der Waals surface area contributed by atoms with E-state index in [1.54, 1.807) is 0 Å². The first-order chi connectivity index (χ1) is 5.96. The number of nitrogens with zero attached hydrogens (tertiary/aromatic N) is 2. The highest BCUT2D eigenvalue weighted by Crippen LogP contribution is 2.17. The summed E-state index contributed by atoms with van der Waals surface area (Å²) >= 11 is 0. The topological polar surface area (TPSA) is 26.3 Å². The van der Waals surface area contributed by atoms with Crippen LogP contribution in [0.3, 0.4) is 0 Å². The highest BCUT2D eigenvalue weighted by molar-refractivity contribution is 4.68. The fourth-order valence-corrected chi connectivity index (χ4v) is 1.85. The van der Waals surface area contributed by atoms with Crippen LogP contribution in [0.4, 0.5) is 0 Å². The molecular formula is C10H22N2O. The van der Waals surface area contributed by atoms with Crippen LogP contribution in [0.25, 0.3) is 0 Å². The van der Waals surface area contributed by atoms with E-state index in [-0.39, 0.29) is 10.7 Å². The van der Waals surface area contributed by atoms with Gasteiger partial charge in [-0.15, -0.1) is 0 Å². The average molecular weight is 186 g/mol. The zero-order valence-electron chi connectivity index (χ0n) is 9.29. The van der Waals surface area contributed by atoms with Gasteiger partial charge in [-0.1, -0.05) is 0 Å². The van der Waals surface area contributed by atoms with Crippen molar-refractivity contribution in [3.63, 3.8) is 0 Å². The monoisotopic (exact) mass is 186 g/mol. The SMILES string of the molecule is CC(C)N1CC[N+]([O-])(C(C)C)CC1. The van der Waals surface area contributed by atoms with E-state index >= 15 is 0 Å². The van der Waals surface area contributed by atoms with Crippen molar-refractivity contribution in [3.8, 4) is 0 Å². The summed E-state index contributed by atoms with van der Waals surface area (Å²) in [7, 11) is 0. The standard InChI is InChI=1S/C10H22N2O/c1-9(2)11-5-7-12(13,8-6-11)10(3)4/h9-10H,5-8H2,1-4H3. The number of quaternary nitrogens is 1. The van der Waals surface area contributed by atoms with Gasteiger partial charge in [-0.05, 0) is 27.7 Å². The number of piperazine rings is 1. The van der Waals surface area contributed by atoms with E-state index in [9.17, 15) is 5.21 Å². The van der Waals surface area contributed by atoms with Crippen LogP contribution in [0.1, 0.15) is 27.7 Å². The smallest absolute Gasteiger partial charge is 0.0915 e. The first-order valence-electron chi connectivity index (χ1n) is 5.27. The van der Waals surface area contributed by atoms with Crippen LogP contribution >= 0.6 is 0 Å². The van der Waals surface area contributed by atoms with Gasteiger partial charge in [0.05, 0.1) is 19.1 Å². The van der Waals surface area contributed by atoms with E-state index in [4.69, 9.17) is 0 Å². The predicted octanol–water partition coefficient (Wildman–Crippen LogP) is 1.43. The van der Waals surface area contributed by atoms with Gasteiger partial charge in [0.2, 0.25) is 0 Å². The highest BCUT2D eigenvalue weighted by Gasteiger charge is 2.28. The Hall–Kier alpha value is -0.120. The summed E-state index contributed by atoms with van der Waals surface area (Å²) in [4.78, 5) is 2.39. The molecule has 0 unspecified atom stereocenters. The second-order valence-corrected chi connectivity index (χ2v) is 4.62. The van der Waals surface area contributed by atoms with Crippen molar-refractivity contribution in [2.75, 3.05) is 26.2 Å². The molecule has 1 heterocycles. The summed E-state index contributed by atoms with van der Waals surface area (Å²) in [6.45, 7) is 11.9. The van der Waals surface area contributed by atoms with Crippen molar-refractivity contribution < 1.29 is 4.65 Å². The van der Waals surface area contributed by atoms with E-state index in [1.807, 2.05) is 13.8 Å². The molecule has 1 aliphatic rings. The minimum atomic E-state index is 0.00319. The summed E-state index contributed by atoms with van der Waals surface area (Å²) < 4.78 is 0.00319. The molecule has 13 heavy (non-hydrogen) atoms. The molecule has 0 radical (unpaired) electrons. The Morgan fingerprint density at radius 2 is 1.54 bits per heavy atom. The molecular weight excluding hydrogens is 164 g/mol. The summed E-state index contributed by atoms with van der Waals surface area (Å²) in [5.74, 6) is 0. The van der Waals surface area contributed by atoms with Gasteiger partial charge in [0.1, 0.15) is 0 Å². The second kappa shape index (κ2) is 3.95. The van der Waals surface area contributed by atoms with Crippen LogP contribution in [0.5, 0.6) is 0 Å². The Morgan fingerprint density at radius 1 is 1.08 bits per heavy atom. The largest absolute Gasteiger partial charge is 0.633 e. The van der Waals surface area contributed by atoms with Gasteiger partial charge < -0.3 is 9.85 Å². The molecule has 3 heteroatoms. The number of hydrogen-bond acceptors (Lipinski definition) is 2. The molecule has 1 saturated heterocycles. The first-order valence-corrected chi connectivity index (χ1v) is 5.27. The molecule has 0 aromatic carbocycles. The van der Waals surface area contributed by atoms with E-state index < -0.39 is 0 Å². The van der Waals surface area contributed by atoms with Crippen molar-refractivity contribution in [2.45, 2.75) is 39.8 Å². The molecule has 0 aromatic heterocycles. The highest BCUT2D eigenvalue weighted by atomic mass is 16.5. The zero-order chi connectivity index (χ0) is 10.1. The molecule has 1 fully saturated rings. The van der Waals surface area contributed by atoms with Crippen LogP contribution in [0, 0.1) is 5.21 Å². The van der Waals surface area contributed by atoms with Crippen molar-refractivity contribution in [3.05, 3.63) is 5.21 Å². The van der Waals surface area contributed by atoms with E-state index in [0.717, 1.165) is 26.2 Å². The Morgan fingerprint density at radius 3 is 1.85 bits per heavy atom. The van der Waals surface area contributed by atoms with Crippen molar-refractivity contribution in [1.29, 1.82) is 0 Å². The number of hydroxylamine groups is 3. The molecule has 0 aromatic rings. The predicted molar refractivity (Wildman–Crippen MR) is 55.2 cm³/mol. The van der Waals surface area contributed by atoms with Crippen LogP contribution in [-0.2, 0) is 0 Å². The fraction of sp³-hybridized carbons (Fsp3) is 1.00. The molecule has 1 rings (SSSR count). The number of rotatable bonds is 2. The summed E-state index contributed by atoms with van der Waals surface area (Å²) in [6, 6.07) is 0.801. The van der Waals surface area contributed by atoms with E-state index in [0.29, 0.717) is 6.04 Å². The normalized spacial score (nSPS) is 24.2. The Balaban J connectivity index is 2.47. The molecule has 0 saturated carbocycles. The Kier molecular flexibility index (Phi) is 3.33. The summed E-state index contributed by atoms with van der Waals surface area (Å²) in [5.41, 5.74) is 0. The van der Waals surface area contributed by atoms with E-state index in [2.05, 4.69) is 18.7 Å². The van der Waals surface area contributed by atoms with Gasteiger partial charge in [-0.25, -0.2) is 0 Å². The second-order valence-electron chi connectivity index (χ2n) is 4.62. The van der Waals surface area contributed by atoms with Crippen molar-refractivity contribution in [1.82, 2.24) is 4.90 Å². The molecule has 0 bridgehead atoms. The van der Waals surface area contributed by atoms with Gasteiger partial charge in [-0.3, -0.25) is 4.90 Å². The third-order valence-corrected chi connectivity index (χ3v) is 3.20. The van der Waals surface area contributed by atoms with Crippen LogP contribution in [0.15, 0.2) is 0 Å². The van der Waals surface area contributed by atoms with Gasteiger partial charge in [0, 0.05) is 19.1 Å². The Labute approximate surface area is 81.5 Å². The minimum Gasteiger partial charge on any atom is -0.633 e. The third-order valence-electron chi connectivity index (χ3n) is 3.20. The van der Waals surface area contributed by atoms with Gasteiger partial charge >= 0.3 is 0 Å². The first kappa shape index (κ1) is 11.0. The van der Waals surface area contributed by atoms with Crippen LogP contribution in [0.2, 0.25) is 0 Å². The molecule has 0 N–H and O–H groups in total. The molecule has 0 aliphatic carbocycles. The quantitative estimate of drug-likeness (QED) is 0.482. The summed E-state index contributed by atoms with van der Waals surface area (Å²) in [6.07, 6.45) is 0. The minimum absolute atomic E-state index is 0.00319. The average Bonchev–Trinajstić information content (AvgIpc) is 2.04. The van der Waals surface area contributed by atoms with Gasteiger partial charge in [0.15, 0.2) is 0 Å². The summed E-state index contributed by atoms with van der Waals surface area (Å²) in [5, 5.41) is 12.1. The van der Waals surface area contributed by atoms with Gasteiger partial charge in [0.25, 0.3) is 0 Å². The van der Waals surface area contributed by atoms with E-state index in [1.165, 1.54) is 0 Å². The molecule has 0 spiro atoms. The Bertz CT molecular complexity index is 160. The molecule has 78 valence electrons. The maximum Gasteiger partial charge on any atom is 0.0915 e. The number of hydrogen-bond donors (Lipinski definition) is 0. The third kappa shape index (κ3) is 2.42. The molecule has 0 amide bonds. The fourth-order valence-electron chi connectivity index (χ4n) is 1.85. The molecule has 1 aliphatic heterocycles. The lowest BCUT2D eigenvalue weighted by Gasteiger charge is -2.51. The maximum absolute atomic E-state index is 12.1.